The summed E-state index contributed by atoms with van der Waals surface area (Å²) in [4.78, 5) is 20.2. The minimum atomic E-state index is -0.337. The second-order valence-electron chi connectivity index (χ2n) is 6.61. The van der Waals surface area contributed by atoms with Gasteiger partial charge in [0.15, 0.2) is 0 Å². The first-order chi connectivity index (χ1) is 11.5. The van der Waals surface area contributed by atoms with Crippen LogP contribution in [0.3, 0.4) is 0 Å². The largest absolute Gasteiger partial charge is 0.392 e. The Morgan fingerprint density at radius 2 is 2.00 bits per heavy atom. The number of H-pyrrole nitrogens is 1. The zero-order valence-corrected chi connectivity index (χ0v) is 14.3. The van der Waals surface area contributed by atoms with Gasteiger partial charge in [0.1, 0.15) is 5.69 Å². The van der Waals surface area contributed by atoms with Crippen LogP contribution in [-0.2, 0) is 0 Å². The van der Waals surface area contributed by atoms with Crippen molar-refractivity contribution >= 4 is 5.91 Å². The third-order valence-corrected chi connectivity index (χ3v) is 4.50. The smallest absolute Gasteiger partial charge is 0.270 e. The van der Waals surface area contributed by atoms with E-state index in [9.17, 15) is 9.90 Å². The van der Waals surface area contributed by atoms with Crippen LogP contribution in [0, 0.1) is 0 Å². The van der Waals surface area contributed by atoms with Gasteiger partial charge < -0.3 is 15.0 Å². The van der Waals surface area contributed by atoms with Crippen molar-refractivity contribution in [3.63, 3.8) is 0 Å². The van der Waals surface area contributed by atoms with Gasteiger partial charge in [0.05, 0.1) is 6.10 Å². The lowest BCUT2D eigenvalue weighted by atomic mass is 10.1. The Morgan fingerprint density at radius 3 is 2.67 bits per heavy atom. The quantitative estimate of drug-likeness (QED) is 0.905. The lowest BCUT2D eigenvalue weighted by molar-refractivity contribution is 0.0379. The van der Waals surface area contributed by atoms with Crippen LogP contribution in [0.1, 0.15) is 24.3 Å². The minimum absolute atomic E-state index is 0.0429. The number of hydrogen-bond donors (Lipinski definition) is 2. The molecule has 2 atom stereocenters. The first kappa shape index (κ1) is 16.7. The summed E-state index contributed by atoms with van der Waals surface area (Å²) in [6.07, 6.45) is -0.337. The Bertz CT molecular complexity index is 681. The number of carbonyl (C=O) groups excluding carboxylic acids is 1. The fourth-order valence-electron chi connectivity index (χ4n) is 3.33. The molecule has 5 heteroatoms. The van der Waals surface area contributed by atoms with Crippen LogP contribution >= 0.6 is 0 Å². The third-order valence-electron chi connectivity index (χ3n) is 4.50. The van der Waals surface area contributed by atoms with E-state index >= 15 is 0 Å². The molecule has 2 heterocycles. The number of nitrogens with zero attached hydrogens (tertiary/aromatic N) is 2. The van der Waals surface area contributed by atoms with Gasteiger partial charge >= 0.3 is 0 Å². The molecule has 0 unspecified atom stereocenters. The van der Waals surface area contributed by atoms with Crippen molar-refractivity contribution in [2.75, 3.05) is 26.2 Å². The molecule has 0 radical (unpaired) electrons. The number of amides is 1. The summed E-state index contributed by atoms with van der Waals surface area (Å²) in [6.45, 7) is 6.80. The van der Waals surface area contributed by atoms with Crippen molar-refractivity contribution in [1.29, 1.82) is 0 Å². The molecule has 0 saturated carbocycles. The van der Waals surface area contributed by atoms with E-state index in [-0.39, 0.29) is 18.1 Å². The average molecular weight is 327 g/mol. The fraction of sp³-hybridized carbons (Fsp3) is 0.421. The van der Waals surface area contributed by atoms with Gasteiger partial charge in [0.25, 0.3) is 5.91 Å². The second kappa shape index (κ2) is 7.20. The number of aromatic amines is 1. The molecule has 1 aromatic carbocycles. The van der Waals surface area contributed by atoms with E-state index in [1.54, 1.807) is 6.92 Å². The topological polar surface area (TPSA) is 59.6 Å². The van der Waals surface area contributed by atoms with Gasteiger partial charge in [-0.25, -0.2) is 0 Å². The molecule has 24 heavy (non-hydrogen) atoms. The summed E-state index contributed by atoms with van der Waals surface area (Å²) in [5.41, 5.74) is 2.66. The molecule has 1 fully saturated rings. The molecule has 0 bridgehead atoms. The molecule has 128 valence electrons. The molecule has 5 nitrogen and oxygen atoms in total. The lowest BCUT2D eigenvalue weighted by Crippen LogP contribution is -2.55. The number of carbonyl (C=O) groups is 1. The molecule has 0 spiro atoms. The SMILES string of the molecule is C[C@H](O)CN1CCN(C(=O)c2ccc(-c3ccccc3)[nH]2)[C@@H](C)C1. The molecular weight excluding hydrogens is 302 g/mol. The van der Waals surface area contributed by atoms with Crippen molar-refractivity contribution < 1.29 is 9.90 Å². The first-order valence-corrected chi connectivity index (χ1v) is 8.50. The molecule has 1 aliphatic heterocycles. The van der Waals surface area contributed by atoms with Gasteiger partial charge in [-0.1, -0.05) is 30.3 Å². The van der Waals surface area contributed by atoms with Crippen LogP contribution in [0.25, 0.3) is 11.3 Å². The summed E-state index contributed by atoms with van der Waals surface area (Å²) in [7, 11) is 0. The summed E-state index contributed by atoms with van der Waals surface area (Å²) < 4.78 is 0. The van der Waals surface area contributed by atoms with Gasteiger partial charge in [-0.3, -0.25) is 9.69 Å². The van der Waals surface area contributed by atoms with Crippen LogP contribution in [0.4, 0.5) is 0 Å². The highest BCUT2D eigenvalue weighted by molar-refractivity contribution is 5.93. The number of β-amino-alcohol motifs (C(OH)–C–C–N with tert-alkyl or cyclic N) is 1. The van der Waals surface area contributed by atoms with E-state index in [4.69, 9.17) is 0 Å². The van der Waals surface area contributed by atoms with Crippen molar-refractivity contribution in [3.05, 3.63) is 48.2 Å². The highest BCUT2D eigenvalue weighted by Gasteiger charge is 2.29. The van der Waals surface area contributed by atoms with E-state index in [0.29, 0.717) is 18.8 Å². The number of benzene rings is 1. The molecule has 3 rings (SSSR count). The molecule has 2 N–H and O–H groups in total. The Balaban J connectivity index is 1.68. The maximum absolute atomic E-state index is 12.8. The van der Waals surface area contributed by atoms with Crippen LogP contribution < -0.4 is 0 Å². The molecule has 1 saturated heterocycles. The van der Waals surface area contributed by atoms with Gasteiger partial charge in [-0.2, -0.15) is 0 Å². The summed E-state index contributed by atoms with van der Waals surface area (Å²) in [5, 5.41) is 9.53. The first-order valence-electron chi connectivity index (χ1n) is 8.50. The van der Waals surface area contributed by atoms with Gasteiger partial charge in [0.2, 0.25) is 0 Å². The van der Waals surface area contributed by atoms with Crippen molar-refractivity contribution in [1.82, 2.24) is 14.8 Å². The van der Waals surface area contributed by atoms with E-state index in [0.717, 1.165) is 24.3 Å². The number of aliphatic hydroxyl groups is 1. The van der Waals surface area contributed by atoms with E-state index < -0.39 is 0 Å². The standard InChI is InChI=1S/C19H25N3O2/c1-14-12-21(13-15(2)23)10-11-22(14)19(24)18-9-8-17(20-18)16-6-4-3-5-7-16/h3-9,14-15,20,23H,10-13H2,1-2H3/t14-,15-/m0/s1. The highest BCUT2D eigenvalue weighted by atomic mass is 16.3. The Kier molecular flexibility index (Phi) is 5.02. The molecule has 2 aromatic rings. The van der Waals surface area contributed by atoms with Crippen LogP contribution in [0.15, 0.2) is 42.5 Å². The highest BCUT2D eigenvalue weighted by Crippen LogP contribution is 2.20. The summed E-state index contributed by atoms with van der Waals surface area (Å²) >= 11 is 0. The number of piperazine rings is 1. The normalized spacial score (nSPS) is 20.1. The maximum Gasteiger partial charge on any atom is 0.270 e. The van der Waals surface area contributed by atoms with Crippen molar-refractivity contribution in [2.45, 2.75) is 26.0 Å². The van der Waals surface area contributed by atoms with E-state index in [2.05, 4.69) is 16.8 Å². The fourth-order valence-corrected chi connectivity index (χ4v) is 3.33. The lowest BCUT2D eigenvalue weighted by Gasteiger charge is -2.40. The average Bonchev–Trinajstić information content (AvgIpc) is 3.05. The van der Waals surface area contributed by atoms with Gasteiger partial charge in [-0.15, -0.1) is 0 Å². The Hall–Kier alpha value is -2.11. The number of nitrogens with one attached hydrogen (secondary N) is 1. The number of hydrogen-bond acceptors (Lipinski definition) is 3. The van der Waals surface area contributed by atoms with E-state index in [1.807, 2.05) is 47.4 Å². The Labute approximate surface area is 142 Å². The molecule has 1 aromatic heterocycles. The zero-order valence-electron chi connectivity index (χ0n) is 14.3. The molecular formula is C19H25N3O2. The molecule has 1 amide bonds. The molecule has 1 aliphatic rings. The van der Waals surface area contributed by atoms with Crippen LogP contribution in [0.2, 0.25) is 0 Å². The number of aliphatic hydroxyl groups excluding tert-OH is 1. The predicted octanol–water partition coefficient (Wildman–Crippen LogP) is 2.21. The van der Waals surface area contributed by atoms with E-state index in [1.165, 1.54) is 0 Å². The third kappa shape index (κ3) is 3.68. The second-order valence-corrected chi connectivity index (χ2v) is 6.61. The van der Waals surface area contributed by atoms with Crippen molar-refractivity contribution in [3.8, 4) is 11.3 Å². The van der Waals surface area contributed by atoms with Crippen LogP contribution in [0.5, 0.6) is 0 Å². The summed E-state index contributed by atoms with van der Waals surface area (Å²) in [6, 6.07) is 14.0. The number of rotatable bonds is 4. The van der Waals surface area contributed by atoms with Crippen LogP contribution in [-0.4, -0.2) is 64.1 Å². The van der Waals surface area contributed by atoms with Crippen molar-refractivity contribution in [2.24, 2.45) is 0 Å². The van der Waals surface area contributed by atoms with Gasteiger partial charge in [-0.05, 0) is 31.5 Å². The maximum atomic E-state index is 12.8. The number of aromatic nitrogens is 1. The Morgan fingerprint density at radius 1 is 1.25 bits per heavy atom. The minimum Gasteiger partial charge on any atom is -0.392 e. The van der Waals surface area contributed by atoms with Gasteiger partial charge in [0, 0.05) is 37.9 Å². The molecule has 0 aliphatic carbocycles. The zero-order chi connectivity index (χ0) is 17.1. The monoisotopic (exact) mass is 327 g/mol. The predicted molar refractivity (Wildman–Crippen MR) is 94.8 cm³/mol. The summed E-state index contributed by atoms with van der Waals surface area (Å²) in [5.74, 6) is 0.0429.